The van der Waals surface area contributed by atoms with Crippen LogP contribution in [0.4, 0.5) is 4.79 Å². The minimum Gasteiger partial charge on any atom is -0.448 e. The Hall–Kier alpha value is -0.910. The molecule has 1 unspecified atom stereocenters. The van der Waals surface area contributed by atoms with Gasteiger partial charge in [0.15, 0.2) is 0 Å². The summed E-state index contributed by atoms with van der Waals surface area (Å²) in [6, 6.07) is 0. The quantitative estimate of drug-likeness (QED) is 0.415. The molecule has 5 nitrogen and oxygen atoms in total. The predicted molar refractivity (Wildman–Crippen MR) is 47.0 cm³/mol. The molecule has 0 heterocycles. The first-order valence-electron chi connectivity index (χ1n) is 3.42. The molecule has 0 rings (SSSR count). The molecule has 6 heteroatoms. The van der Waals surface area contributed by atoms with Gasteiger partial charge in [-0.2, -0.15) is 12.6 Å². The smallest absolute Gasteiger partial charge is 0.404 e. The zero-order valence-corrected chi connectivity index (χ0v) is 7.64. The van der Waals surface area contributed by atoms with Crippen molar-refractivity contribution in [1.29, 1.82) is 0 Å². The number of rotatable bonds is 4. The van der Waals surface area contributed by atoms with Gasteiger partial charge < -0.3 is 15.8 Å². The second kappa shape index (κ2) is 5.70. The van der Waals surface area contributed by atoms with Gasteiger partial charge in [0.2, 0.25) is 5.91 Å². The maximum atomic E-state index is 10.8. The van der Waals surface area contributed by atoms with Crippen molar-refractivity contribution >= 4 is 24.6 Å². The highest BCUT2D eigenvalue weighted by Gasteiger charge is 2.05. The average molecular weight is 192 g/mol. The second-order valence-electron chi connectivity index (χ2n) is 2.13. The van der Waals surface area contributed by atoms with Crippen LogP contribution in [0, 0.1) is 0 Å². The molecule has 0 aliphatic rings. The van der Waals surface area contributed by atoms with E-state index in [0.29, 0.717) is 0 Å². The van der Waals surface area contributed by atoms with E-state index in [1.807, 2.05) is 0 Å². The van der Waals surface area contributed by atoms with E-state index in [4.69, 9.17) is 0 Å². The van der Waals surface area contributed by atoms with Gasteiger partial charge in [-0.05, 0) is 6.92 Å². The van der Waals surface area contributed by atoms with E-state index >= 15 is 0 Å². The molecule has 3 N–H and O–H groups in total. The number of hydrogen-bond acceptors (Lipinski definition) is 4. The Morgan fingerprint density at radius 2 is 2.25 bits per heavy atom. The van der Waals surface area contributed by atoms with Crippen LogP contribution in [-0.2, 0) is 9.53 Å². The molecule has 12 heavy (non-hydrogen) atoms. The molecule has 0 aromatic carbocycles. The largest absolute Gasteiger partial charge is 0.448 e. The van der Waals surface area contributed by atoms with Gasteiger partial charge in [-0.25, -0.2) is 4.79 Å². The van der Waals surface area contributed by atoms with E-state index in [2.05, 4.69) is 28.4 Å². The standard InChI is InChI=1S/C6H12N2O3S/c1-4(12)5(9)8-2-3-11-6(7)10/h4,12H,2-3H2,1H3,(H2,7,10)(H,8,9). The summed E-state index contributed by atoms with van der Waals surface area (Å²) >= 11 is 3.89. The molecule has 0 fully saturated rings. The first-order valence-corrected chi connectivity index (χ1v) is 3.93. The molecule has 0 aromatic rings. The molecule has 0 aromatic heterocycles. The average Bonchev–Trinajstić information content (AvgIpc) is 1.97. The van der Waals surface area contributed by atoms with Crippen molar-refractivity contribution in [3.05, 3.63) is 0 Å². The molecular weight excluding hydrogens is 180 g/mol. The molecule has 0 saturated heterocycles. The third-order valence-electron chi connectivity index (χ3n) is 1.03. The topological polar surface area (TPSA) is 81.4 Å². The Kier molecular flexibility index (Phi) is 5.27. The molecular formula is C6H12N2O3S. The normalized spacial score (nSPS) is 11.8. The summed E-state index contributed by atoms with van der Waals surface area (Å²) < 4.78 is 4.37. The Morgan fingerprint density at radius 3 is 2.67 bits per heavy atom. The molecule has 70 valence electrons. The molecule has 0 bridgehead atoms. The summed E-state index contributed by atoms with van der Waals surface area (Å²) in [4.78, 5) is 20.9. The molecule has 0 saturated carbocycles. The number of thiol groups is 1. The van der Waals surface area contributed by atoms with Crippen LogP contribution in [0.15, 0.2) is 0 Å². The summed E-state index contributed by atoms with van der Waals surface area (Å²) in [6.07, 6.45) is -0.844. The van der Waals surface area contributed by atoms with E-state index < -0.39 is 6.09 Å². The first-order chi connectivity index (χ1) is 5.54. The monoisotopic (exact) mass is 192 g/mol. The molecule has 1 atom stereocenters. The highest BCUT2D eigenvalue weighted by Crippen LogP contribution is 1.90. The summed E-state index contributed by atoms with van der Waals surface area (Å²) in [5.74, 6) is -0.202. The van der Waals surface area contributed by atoms with Crippen molar-refractivity contribution in [2.24, 2.45) is 5.73 Å². The number of ether oxygens (including phenoxy) is 1. The minimum absolute atomic E-state index is 0.0849. The number of hydrogen-bond donors (Lipinski definition) is 3. The Bertz CT molecular complexity index is 172. The van der Waals surface area contributed by atoms with Crippen molar-refractivity contribution in [2.45, 2.75) is 12.2 Å². The molecule has 0 aliphatic carbocycles. The van der Waals surface area contributed by atoms with E-state index in [1.165, 1.54) is 0 Å². The van der Waals surface area contributed by atoms with E-state index in [1.54, 1.807) is 6.92 Å². The summed E-state index contributed by atoms with van der Waals surface area (Å²) in [7, 11) is 0. The summed E-state index contributed by atoms with van der Waals surface area (Å²) in [5, 5.41) is 2.13. The summed E-state index contributed by atoms with van der Waals surface area (Å²) in [5.41, 5.74) is 4.68. The van der Waals surface area contributed by atoms with Crippen LogP contribution in [-0.4, -0.2) is 30.4 Å². The second-order valence-corrected chi connectivity index (χ2v) is 2.91. The Labute approximate surface area is 76.0 Å². The number of amides is 2. The number of carbonyl (C=O) groups excluding carboxylic acids is 2. The zero-order chi connectivity index (χ0) is 9.56. The Morgan fingerprint density at radius 1 is 1.67 bits per heavy atom. The van der Waals surface area contributed by atoms with Crippen molar-refractivity contribution in [3.8, 4) is 0 Å². The number of nitrogens with two attached hydrogens (primary N) is 1. The summed E-state index contributed by atoms with van der Waals surface area (Å²) in [6.45, 7) is 1.99. The van der Waals surface area contributed by atoms with Gasteiger partial charge in [0.05, 0.1) is 11.8 Å². The lowest BCUT2D eigenvalue weighted by Crippen LogP contribution is -2.33. The predicted octanol–water partition coefficient (Wildman–Crippen LogP) is -0.484. The number of carbonyl (C=O) groups is 2. The zero-order valence-electron chi connectivity index (χ0n) is 6.74. The first kappa shape index (κ1) is 11.1. The Balaban J connectivity index is 3.32. The molecule has 2 amide bonds. The van der Waals surface area contributed by atoms with Gasteiger partial charge in [0, 0.05) is 0 Å². The maximum absolute atomic E-state index is 10.8. The van der Waals surface area contributed by atoms with Crippen LogP contribution in [0.5, 0.6) is 0 Å². The lowest BCUT2D eigenvalue weighted by Gasteiger charge is -2.06. The van der Waals surface area contributed by atoms with Gasteiger partial charge in [0.25, 0.3) is 0 Å². The third-order valence-corrected chi connectivity index (χ3v) is 1.26. The number of primary amides is 1. The fraction of sp³-hybridized carbons (Fsp3) is 0.667. The SMILES string of the molecule is CC(S)C(=O)NCCOC(N)=O. The molecule has 0 radical (unpaired) electrons. The van der Waals surface area contributed by atoms with Crippen LogP contribution < -0.4 is 11.1 Å². The van der Waals surface area contributed by atoms with Gasteiger partial charge in [-0.15, -0.1) is 0 Å². The number of nitrogens with one attached hydrogen (secondary N) is 1. The highest BCUT2D eigenvalue weighted by atomic mass is 32.1. The van der Waals surface area contributed by atoms with Crippen LogP contribution in [0.25, 0.3) is 0 Å². The van der Waals surface area contributed by atoms with Crippen molar-refractivity contribution in [3.63, 3.8) is 0 Å². The van der Waals surface area contributed by atoms with Crippen LogP contribution >= 0.6 is 12.6 Å². The van der Waals surface area contributed by atoms with Crippen LogP contribution in [0.2, 0.25) is 0 Å². The lowest BCUT2D eigenvalue weighted by molar-refractivity contribution is -0.120. The van der Waals surface area contributed by atoms with Gasteiger partial charge in [-0.1, -0.05) is 0 Å². The van der Waals surface area contributed by atoms with E-state index in [0.717, 1.165) is 0 Å². The van der Waals surface area contributed by atoms with Crippen molar-refractivity contribution in [2.75, 3.05) is 13.2 Å². The van der Waals surface area contributed by atoms with Gasteiger partial charge in [-0.3, -0.25) is 4.79 Å². The van der Waals surface area contributed by atoms with E-state index in [-0.39, 0.29) is 24.3 Å². The maximum Gasteiger partial charge on any atom is 0.404 e. The lowest BCUT2D eigenvalue weighted by atomic mass is 10.4. The molecule has 0 aliphatic heterocycles. The fourth-order valence-corrected chi connectivity index (χ4v) is 0.565. The third kappa shape index (κ3) is 5.84. The van der Waals surface area contributed by atoms with Crippen LogP contribution in [0.3, 0.4) is 0 Å². The van der Waals surface area contributed by atoms with E-state index in [9.17, 15) is 9.59 Å². The van der Waals surface area contributed by atoms with Crippen LogP contribution in [0.1, 0.15) is 6.92 Å². The highest BCUT2D eigenvalue weighted by molar-refractivity contribution is 7.81. The van der Waals surface area contributed by atoms with Crippen molar-refractivity contribution < 1.29 is 14.3 Å². The molecule has 0 spiro atoms. The van der Waals surface area contributed by atoms with Crippen molar-refractivity contribution in [1.82, 2.24) is 5.32 Å². The fourth-order valence-electron chi connectivity index (χ4n) is 0.474. The van der Waals surface area contributed by atoms with Gasteiger partial charge in [0.1, 0.15) is 6.61 Å². The van der Waals surface area contributed by atoms with Gasteiger partial charge >= 0.3 is 6.09 Å². The minimum atomic E-state index is -0.844.